The summed E-state index contributed by atoms with van der Waals surface area (Å²) in [5.41, 5.74) is 2.43. The first-order valence-corrected chi connectivity index (χ1v) is 5.74. The van der Waals surface area contributed by atoms with Crippen molar-refractivity contribution in [3.63, 3.8) is 0 Å². The van der Waals surface area contributed by atoms with E-state index in [1.807, 2.05) is 11.7 Å². The molecule has 0 saturated carbocycles. The van der Waals surface area contributed by atoms with Crippen LogP contribution in [0.15, 0.2) is 6.20 Å². The Morgan fingerprint density at radius 1 is 1.40 bits per heavy atom. The van der Waals surface area contributed by atoms with Crippen LogP contribution in [-0.2, 0) is 7.05 Å². The SMILES string of the molecule is Cc1nn(C)cc1C(C)NCCC(C)C. The lowest BCUT2D eigenvalue weighted by Crippen LogP contribution is -2.21. The first-order chi connectivity index (χ1) is 7.00. The minimum atomic E-state index is 0.400. The average Bonchev–Trinajstić information content (AvgIpc) is 2.44. The number of hydrogen-bond acceptors (Lipinski definition) is 2. The number of rotatable bonds is 5. The fourth-order valence-electron chi connectivity index (χ4n) is 1.74. The Balaban J connectivity index is 2.46. The molecule has 0 amide bonds. The lowest BCUT2D eigenvalue weighted by Gasteiger charge is -2.13. The van der Waals surface area contributed by atoms with Crippen molar-refractivity contribution >= 4 is 0 Å². The van der Waals surface area contributed by atoms with Crippen LogP contribution in [-0.4, -0.2) is 16.3 Å². The maximum Gasteiger partial charge on any atom is 0.0641 e. The zero-order chi connectivity index (χ0) is 11.4. The summed E-state index contributed by atoms with van der Waals surface area (Å²) in [6.07, 6.45) is 3.33. The van der Waals surface area contributed by atoms with Crippen LogP contribution in [0.2, 0.25) is 0 Å². The van der Waals surface area contributed by atoms with Crippen molar-refractivity contribution < 1.29 is 0 Å². The molecule has 0 fully saturated rings. The molecule has 1 aromatic rings. The van der Waals surface area contributed by atoms with Crippen LogP contribution in [0, 0.1) is 12.8 Å². The van der Waals surface area contributed by atoms with E-state index < -0.39 is 0 Å². The predicted molar refractivity (Wildman–Crippen MR) is 63.8 cm³/mol. The summed E-state index contributed by atoms with van der Waals surface area (Å²) in [7, 11) is 1.97. The third-order valence-corrected chi connectivity index (χ3v) is 2.69. The Morgan fingerprint density at radius 3 is 2.53 bits per heavy atom. The fraction of sp³-hybridized carbons (Fsp3) is 0.750. The van der Waals surface area contributed by atoms with E-state index in [0.717, 1.165) is 18.2 Å². The minimum Gasteiger partial charge on any atom is -0.310 e. The van der Waals surface area contributed by atoms with Gasteiger partial charge in [-0.1, -0.05) is 13.8 Å². The summed E-state index contributed by atoms with van der Waals surface area (Å²) in [5, 5.41) is 7.88. The molecular formula is C12H23N3. The van der Waals surface area contributed by atoms with E-state index in [2.05, 4.69) is 44.3 Å². The van der Waals surface area contributed by atoms with Gasteiger partial charge < -0.3 is 5.32 Å². The molecule has 1 rings (SSSR count). The maximum atomic E-state index is 4.35. The fourth-order valence-corrected chi connectivity index (χ4v) is 1.74. The van der Waals surface area contributed by atoms with Crippen LogP contribution in [0.5, 0.6) is 0 Å². The van der Waals surface area contributed by atoms with Gasteiger partial charge in [-0.3, -0.25) is 4.68 Å². The van der Waals surface area contributed by atoms with E-state index in [9.17, 15) is 0 Å². The second-order valence-electron chi connectivity index (χ2n) is 4.70. The molecular weight excluding hydrogens is 186 g/mol. The van der Waals surface area contributed by atoms with Gasteiger partial charge in [-0.25, -0.2) is 0 Å². The first kappa shape index (κ1) is 12.2. The van der Waals surface area contributed by atoms with E-state index in [4.69, 9.17) is 0 Å². The second kappa shape index (κ2) is 5.31. The van der Waals surface area contributed by atoms with Gasteiger partial charge in [0.1, 0.15) is 0 Å². The molecule has 1 atom stereocenters. The zero-order valence-electron chi connectivity index (χ0n) is 10.5. The average molecular weight is 209 g/mol. The summed E-state index contributed by atoms with van der Waals surface area (Å²) in [5.74, 6) is 0.764. The van der Waals surface area contributed by atoms with Gasteiger partial charge in [0.15, 0.2) is 0 Å². The van der Waals surface area contributed by atoms with Crippen LogP contribution in [0.4, 0.5) is 0 Å². The van der Waals surface area contributed by atoms with Crippen LogP contribution in [0.1, 0.15) is 44.5 Å². The monoisotopic (exact) mass is 209 g/mol. The summed E-state index contributed by atoms with van der Waals surface area (Å²) in [6, 6.07) is 0.400. The molecule has 0 bridgehead atoms. The van der Waals surface area contributed by atoms with Crippen molar-refractivity contribution in [2.75, 3.05) is 6.54 Å². The normalized spacial score (nSPS) is 13.5. The molecule has 0 aliphatic rings. The van der Waals surface area contributed by atoms with Crippen LogP contribution < -0.4 is 5.32 Å². The zero-order valence-corrected chi connectivity index (χ0v) is 10.5. The third kappa shape index (κ3) is 3.67. The molecule has 0 radical (unpaired) electrons. The largest absolute Gasteiger partial charge is 0.310 e. The van der Waals surface area contributed by atoms with Crippen molar-refractivity contribution in [3.8, 4) is 0 Å². The molecule has 15 heavy (non-hydrogen) atoms. The quantitative estimate of drug-likeness (QED) is 0.807. The van der Waals surface area contributed by atoms with Gasteiger partial charge in [0.25, 0.3) is 0 Å². The van der Waals surface area contributed by atoms with Gasteiger partial charge in [0.2, 0.25) is 0 Å². The number of aromatic nitrogens is 2. The lowest BCUT2D eigenvalue weighted by molar-refractivity contribution is 0.496. The Hall–Kier alpha value is -0.830. The van der Waals surface area contributed by atoms with Gasteiger partial charge in [-0.15, -0.1) is 0 Å². The highest BCUT2D eigenvalue weighted by molar-refractivity contribution is 5.19. The van der Waals surface area contributed by atoms with Gasteiger partial charge in [-0.05, 0) is 32.7 Å². The molecule has 0 saturated heterocycles. The van der Waals surface area contributed by atoms with Gasteiger partial charge in [-0.2, -0.15) is 5.10 Å². The van der Waals surface area contributed by atoms with Crippen molar-refractivity contribution in [1.29, 1.82) is 0 Å². The number of hydrogen-bond donors (Lipinski definition) is 1. The van der Waals surface area contributed by atoms with Gasteiger partial charge in [0.05, 0.1) is 5.69 Å². The molecule has 3 heteroatoms. The first-order valence-electron chi connectivity index (χ1n) is 5.74. The molecule has 0 spiro atoms. The second-order valence-corrected chi connectivity index (χ2v) is 4.70. The van der Waals surface area contributed by atoms with Gasteiger partial charge >= 0.3 is 0 Å². The Morgan fingerprint density at radius 2 is 2.07 bits per heavy atom. The Labute approximate surface area is 92.9 Å². The molecule has 1 aromatic heterocycles. The topological polar surface area (TPSA) is 29.9 Å². The molecule has 86 valence electrons. The smallest absolute Gasteiger partial charge is 0.0641 e. The maximum absolute atomic E-state index is 4.35. The molecule has 1 N–H and O–H groups in total. The molecule has 1 unspecified atom stereocenters. The van der Waals surface area contributed by atoms with Crippen molar-refractivity contribution in [3.05, 3.63) is 17.5 Å². The van der Waals surface area contributed by atoms with E-state index >= 15 is 0 Å². The molecule has 0 aliphatic heterocycles. The number of nitrogens with zero attached hydrogens (tertiary/aromatic N) is 2. The van der Waals surface area contributed by atoms with Crippen LogP contribution in [0.25, 0.3) is 0 Å². The minimum absolute atomic E-state index is 0.400. The molecule has 3 nitrogen and oxygen atoms in total. The summed E-state index contributed by atoms with van der Waals surface area (Å²) in [6.45, 7) is 9.84. The highest BCUT2D eigenvalue weighted by atomic mass is 15.3. The summed E-state index contributed by atoms with van der Waals surface area (Å²) >= 11 is 0. The molecule has 1 heterocycles. The highest BCUT2D eigenvalue weighted by Gasteiger charge is 2.10. The van der Waals surface area contributed by atoms with Crippen LogP contribution in [0.3, 0.4) is 0 Å². The highest BCUT2D eigenvalue weighted by Crippen LogP contribution is 2.15. The standard InChI is InChI=1S/C12H23N3/c1-9(2)6-7-13-10(3)12-8-15(5)14-11(12)4/h8-10,13H,6-7H2,1-5H3. The van der Waals surface area contributed by atoms with E-state index in [0.29, 0.717) is 6.04 Å². The van der Waals surface area contributed by atoms with Crippen molar-refractivity contribution in [2.45, 2.75) is 40.2 Å². The third-order valence-electron chi connectivity index (χ3n) is 2.69. The van der Waals surface area contributed by atoms with Crippen molar-refractivity contribution in [2.24, 2.45) is 13.0 Å². The van der Waals surface area contributed by atoms with Gasteiger partial charge in [0, 0.05) is 24.8 Å². The number of aryl methyl sites for hydroxylation is 2. The Bertz CT molecular complexity index is 302. The van der Waals surface area contributed by atoms with Crippen LogP contribution >= 0.6 is 0 Å². The Kier molecular flexibility index (Phi) is 4.33. The molecule has 0 aromatic carbocycles. The number of nitrogens with one attached hydrogen (secondary N) is 1. The summed E-state index contributed by atoms with van der Waals surface area (Å²) in [4.78, 5) is 0. The predicted octanol–water partition coefficient (Wildman–Crippen LogP) is 2.43. The van der Waals surface area contributed by atoms with E-state index in [1.54, 1.807) is 0 Å². The summed E-state index contributed by atoms with van der Waals surface area (Å²) < 4.78 is 1.88. The van der Waals surface area contributed by atoms with E-state index in [1.165, 1.54) is 12.0 Å². The van der Waals surface area contributed by atoms with Crippen molar-refractivity contribution in [1.82, 2.24) is 15.1 Å². The lowest BCUT2D eigenvalue weighted by atomic mass is 10.1. The van der Waals surface area contributed by atoms with E-state index in [-0.39, 0.29) is 0 Å². The molecule has 0 aliphatic carbocycles.